The minimum Gasteiger partial charge on any atom is -0.329 e. The summed E-state index contributed by atoms with van der Waals surface area (Å²) in [6.07, 6.45) is 5.75. The third-order valence-corrected chi connectivity index (χ3v) is 4.36. The number of hydrogen-bond acceptors (Lipinski definition) is 1. The van der Waals surface area contributed by atoms with Crippen LogP contribution >= 0.6 is 0 Å². The van der Waals surface area contributed by atoms with Crippen molar-refractivity contribution in [3.05, 3.63) is 0 Å². The molecule has 1 fully saturated rings. The van der Waals surface area contributed by atoms with Crippen molar-refractivity contribution in [2.45, 2.75) is 38.7 Å². The lowest BCUT2D eigenvalue weighted by molar-refractivity contribution is 0.453. The Morgan fingerprint density at radius 2 is 2.30 bits per heavy atom. The number of rotatable bonds is 4. The molecule has 1 aliphatic rings. The molecule has 0 amide bonds. The fraction of sp³-hybridized carbons (Fsp3) is 1.00. The van der Waals surface area contributed by atoms with Crippen LogP contribution in [-0.4, -0.2) is 27.3 Å². The maximum Gasteiger partial charge on any atom is 0.0950 e. The van der Waals surface area contributed by atoms with Gasteiger partial charge in [-0.15, -0.1) is 0 Å². The normalized spacial score (nSPS) is 22.5. The summed E-state index contributed by atoms with van der Waals surface area (Å²) in [6, 6.07) is 1.58. The van der Waals surface area contributed by atoms with Gasteiger partial charge in [-0.2, -0.15) is 0 Å². The van der Waals surface area contributed by atoms with E-state index in [9.17, 15) is 0 Å². The Balaban J connectivity index is 1.91. The van der Waals surface area contributed by atoms with Gasteiger partial charge in [-0.25, -0.2) is 0 Å². The molecule has 2 heteroatoms. The average Bonchev–Trinajstić information content (AvgIpc) is 2.41. The molecule has 0 spiro atoms. The van der Waals surface area contributed by atoms with E-state index < -0.39 is 0 Å². The highest BCUT2D eigenvalue weighted by Gasteiger charge is 2.09. The SMILES string of the molecule is CCCCCN1CCC[SiH2]1. The highest BCUT2D eigenvalue weighted by Crippen LogP contribution is 2.07. The summed E-state index contributed by atoms with van der Waals surface area (Å²) in [5.74, 6) is 0. The Labute approximate surface area is 66.7 Å². The van der Waals surface area contributed by atoms with E-state index in [4.69, 9.17) is 0 Å². The molecule has 60 valence electrons. The van der Waals surface area contributed by atoms with Crippen LogP contribution in [0.5, 0.6) is 0 Å². The Hall–Kier alpha value is 0.177. The van der Waals surface area contributed by atoms with Crippen LogP contribution in [0.2, 0.25) is 6.04 Å². The van der Waals surface area contributed by atoms with Crippen molar-refractivity contribution in [1.82, 2.24) is 4.57 Å². The first-order valence-corrected chi connectivity index (χ1v) is 6.29. The van der Waals surface area contributed by atoms with Crippen LogP contribution in [0.1, 0.15) is 32.6 Å². The lowest BCUT2D eigenvalue weighted by Crippen LogP contribution is -2.22. The van der Waals surface area contributed by atoms with Crippen LogP contribution in [0.25, 0.3) is 0 Å². The van der Waals surface area contributed by atoms with Crippen molar-refractivity contribution in [2.75, 3.05) is 13.1 Å². The van der Waals surface area contributed by atoms with Gasteiger partial charge in [-0.05, 0) is 32.0 Å². The van der Waals surface area contributed by atoms with Crippen molar-refractivity contribution in [3.63, 3.8) is 0 Å². The van der Waals surface area contributed by atoms with Gasteiger partial charge < -0.3 is 4.57 Å². The molecule has 0 aliphatic carbocycles. The summed E-state index contributed by atoms with van der Waals surface area (Å²) >= 11 is 0. The summed E-state index contributed by atoms with van der Waals surface area (Å²) in [5, 5.41) is 0. The molecule has 0 saturated carbocycles. The second-order valence-corrected chi connectivity index (χ2v) is 5.30. The molecule has 0 radical (unpaired) electrons. The van der Waals surface area contributed by atoms with Crippen LogP contribution in [0.3, 0.4) is 0 Å². The van der Waals surface area contributed by atoms with E-state index in [2.05, 4.69) is 11.5 Å². The molecule has 0 N–H and O–H groups in total. The third kappa shape index (κ3) is 2.84. The monoisotopic (exact) mass is 157 g/mol. The molecule has 0 bridgehead atoms. The first-order chi connectivity index (χ1) is 4.93. The van der Waals surface area contributed by atoms with E-state index in [1.807, 2.05) is 0 Å². The van der Waals surface area contributed by atoms with E-state index >= 15 is 0 Å². The second kappa shape index (κ2) is 4.91. The van der Waals surface area contributed by atoms with Gasteiger partial charge in [0.15, 0.2) is 0 Å². The molecule has 0 aromatic rings. The first kappa shape index (κ1) is 8.28. The van der Waals surface area contributed by atoms with Crippen LogP contribution < -0.4 is 0 Å². The summed E-state index contributed by atoms with van der Waals surface area (Å²) in [7, 11) is 0.263. The summed E-state index contributed by atoms with van der Waals surface area (Å²) in [5.41, 5.74) is 0. The third-order valence-electron chi connectivity index (χ3n) is 2.28. The van der Waals surface area contributed by atoms with E-state index in [0.717, 1.165) is 0 Å². The van der Waals surface area contributed by atoms with Crippen LogP contribution in [0.4, 0.5) is 0 Å². The smallest absolute Gasteiger partial charge is 0.0950 e. The van der Waals surface area contributed by atoms with E-state index in [0.29, 0.717) is 0 Å². The van der Waals surface area contributed by atoms with Crippen LogP contribution in [0, 0.1) is 0 Å². The highest BCUT2D eigenvalue weighted by molar-refractivity contribution is 6.32. The van der Waals surface area contributed by atoms with Gasteiger partial charge in [0, 0.05) is 0 Å². The van der Waals surface area contributed by atoms with Crippen molar-refractivity contribution >= 4 is 9.68 Å². The summed E-state index contributed by atoms with van der Waals surface area (Å²) < 4.78 is 2.73. The molecule has 0 atom stereocenters. The Bertz CT molecular complexity index is 79.3. The average molecular weight is 157 g/mol. The second-order valence-electron chi connectivity index (χ2n) is 3.26. The lowest BCUT2D eigenvalue weighted by atomic mass is 10.2. The Morgan fingerprint density at radius 1 is 1.40 bits per heavy atom. The molecule has 0 aromatic carbocycles. The standard InChI is InChI=1S/C8H19NSi/c1-2-3-4-6-9-7-5-8-10-9/h2-8,10H2,1H3. The van der Waals surface area contributed by atoms with E-state index in [1.165, 1.54) is 38.8 Å². The predicted octanol–water partition coefficient (Wildman–Crippen LogP) is 1.38. The Morgan fingerprint density at radius 3 is 2.90 bits per heavy atom. The summed E-state index contributed by atoms with van der Waals surface area (Å²) in [6.45, 7) is 5.12. The van der Waals surface area contributed by atoms with Gasteiger partial charge >= 0.3 is 0 Å². The minimum absolute atomic E-state index is 0.263. The lowest BCUT2D eigenvalue weighted by Gasteiger charge is -2.13. The maximum absolute atomic E-state index is 2.73. The van der Waals surface area contributed by atoms with Gasteiger partial charge in [-0.1, -0.05) is 19.8 Å². The predicted molar refractivity (Wildman–Crippen MR) is 49.1 cm³/mol. The zero-order chi connectivity index (χ0) is 7.23. The van der Waals surface area contributed by atoms with E-state index in [-0.39, 0.29) is 9.68 Å². The molecule has 1 aliphatic heterocycles. The molecule has 1 rings (SSSR count). The van der Waals surface area contributed by atoms with Gasteiger partial charge in [0.25, 0.3) is 0 Å². The molecule has 1 saturated heterocycles. The highest BCUT2D eigenvalue weighted by atomic mass is 28.2. The molecular weight excluding hydrogens is 138 g/mol. The molecule has 0 aromatic heterocycles. The van der Waals surface area contributed by atoms with E-state index in [1.54, 1.807) is 6.04 Å². The van der Waals surface area contributed by atoms with Crippen molar-refractivity contribution in [3.8, 4) is 0 Å². The largest absolute Gasteiger partial charge is 0.329 e. The maximum atomic E-state index is 2.73. The fourth-order valence-corrected chi connectivity index (χ4v) is 3.38. The van der Waals surface area contributed by atoms with Gasteiger partial charge in [0.1, 0.15) is 0 Å². The molecule has 1 nitrogen and oxygen atoms in total. The first-order valence-electron chi connectivity index (χ1n) is 4.66. The quantitative estimate of drug-likeness (QED) is 0.440. The van der Waals surface area contributed by atoms with Crippen molar-refractivity contribution in [2.24, 2.45) is 0 Å². The number of hydrogen-bond donors (Lipinski definition) is 0. The molecule has 10 heavy (non-hydrogen) atoms. The van der Waals surface area contributed by atoms with Gasteiger partial charge in [0.2, 0.25) is 0 Å². The van der Waals surface area contributed by atoms with Crippen molar-refractivity contribution in [1.29, 1.82) is 0 Å². The minimum atomic E-state index is 0.263. The zero-order valence-electron chi connectivity index (χ0n) is 7.10. The topological polar surface area (TPSA) is 3.24 Å². The number of nitrogens with zero attached hydrogens (tertiary/aromatic N) is 1. The number of unbranched alkanes of at least 4 members (excludes halogenated alkanes) is 2. The molecule has 0 unspecified atom stereocenters. The molecular formula is C8H19NSi. The zero-order valence-corrected chi connectivity index (χ0v) is 8.52. The van der Waals surface area contributed by atoms with Gasteiger partial charge in [0.05, 0.1) is 9.68 Å². The fourth-order valence-electron chi connectivity index (χ4n) is 1.59. The van der Waals surface area contributed by atoms with Gasteiger partial charge in [-0.3, -0.25) is 0 Å². The molecule has 1 heterocycles. The summed E-state index contributed by atoms with van der Waals surface area (Å²) in [4.78, 5) is 0. The van der Waals surface area contributed by atoms with Crippen LogP contribution in [0.15, 0.2) is 0 Å². The van der Waals surface area contributed by atoms with Crippen LogP contribution in [-0.2, 0) is 0 Å². The van der Waals surface area contributed by atoms with Crippen molar-refractivity contribution < 1.29 is 0 Å². The Kier molecular flexibility index (Phi) is 4.06.